The number of aromatic nitrogens is 4. The number of para-hydroxylation sites is 3. The first-order valence-electron chi connectivity index (χ1n) is 8.08. The maximum absolute atomic E-state index is 12.5. The van der Waals surface area contributed by atoms with Crippen LogP contribution in [0.3, 0.4) is 0 Å². The van der Waals surface area contributed by atoms with Crippen molar-refractivity contribution < 1.29 is 4.74 Å². The van der Waals surface area contributed by atoms with E-state index in [-0.39, 0.29) is 5.15 Å². The summed E-state index contributed by atoms with van der Waals surface area (Å²) in [7, 11) is 1.58. The normalized spacial score (nSPS) is 10.7. The van der Waals surface area contributed by atoms with Crippen LogP contribution in [0.5, 0.6) is 5.75 Å². The third-order valence-corrected chi connectivity index (χ3v) is 4.24. The summed E-state index contributed by atoms with van der Waals surface area (Å²) in [6.45, 7) is 0. The zero-order valence-electron chi connectivity index (χ0n) is 14.3. The van der Waals surface area contributed by atoms with Crippen LogP contribution in [0.4, 0.5) is 11.6 Å². The molecule has 7 nitrogen and oxygen atoms in total. The Kier molecular flexibility index (Phi) is 4.43. The Morgan fingerprint density at radius 1 is 1.04 bits per heavy atom. The van der Waals surface area contributed by atoms with Crippen molar-refractivity contribution in [3.05, 3.63) is 76.4 Å². The van der Waals surface area contributed by atoms with Gasteiger partial charge in [0.05, 0.1) is 23.9 Å². The molecule has 1 N–H and O–H groups in total. The number of hydrogen-bond acceptors (Lipinski definition) is 6. The monoisotopic (exact) mass is 379 g/mol. The van der Waals surface area contributed by atoms with Crippen molar-refractivity contribution in [3.63, 3.8) is 0 Å². The Labute approximate surface area is 159 Å². The van der Waals surface area contributed by atoms with Crippen molar-refractivity contribution >= 4 is 34.3 Å². The van der Waals surface area contributed by atoms with Crippen LogP contribution in [0, 0.1) is 0 Å². The number of anilines is 2. The number of rotatable bonds is 4. The summed E-state index contributed by atoms with van der Waals surface area (Å²) >= 11 is 6.14. The quantitative estimate of drug-likeness (QED) is 0.546. The standard InChI is InChI=1S/C19H14ClN5O2/c1-27-15-10-6-5-9-14(15)22-18-21-11-13-16(20)23-19(26)25(17(13)24-18)12-7-3-2-4-8-12/h2-11H,1H3,(H,21,22,24). The van der Waals surface area contributed by atoms with Crippen LogP contribution >= 0.6 is 11.6 Å². The maximum atomic E-state index is 12.5. The highest BCUT2D eigenvalue weighted by Crippen LogP contribution is 2.27. The van der Waals surface area contributed by atoms with E-state index in [2.05, 4.69) is 20.3 Å². The van der Waals surface area contributed by atoms with Gasteiger partial charge in [0.1, 0.15) is 10.9 Å². The second kappa shape index (κ2) is 7.05. The summed E-state index contributed by atoms with van der Waals surface area (Å²) in [4.78, 5) is 25.2. The van der Waals surface area contributed by atoms with Gasteiger partial charge in [-0.2, -0.15) is 9.97 Å². The number of methoxy groups -OCH3 is 1. The molecule has 4 aromatic rings. The SMILES string of the molecule is COc1ccccc1Nc1ncc2c(Cl)nc(=O)n(-c3ccccc3)c2n1. The summed E-state index contributed by atoms with van der Waals surface area (Å²) in [5.41, 5.74) is 1.19. The minimum atomic E-state index is -0.513. The number of benzene rings is 2. The lowest BCUT2D eigenvalue weighted by atomic mass is 10.3. The van der Waals surface area contributed by atoms with Crippen molar-refractivity contribution in [1.82, 2.24) is 19.5 Å². The summed E-state index contributed by atoms with van der Waals surface area (Å²) in [5, 5.41) is 3.65. The molecule has 27 heavy (non-hydrogen) atoms. The molecule has 134 valence electrons. The molecule has 0 aliphatic heterocycles. The molecule has 0 radical (unpaired) electrons. The first-order chi connectivity index (χ1) is 13.2. The third-order valence-electron chi connectivity index (χ3n) is 3.96. The van der Waals surface area contributed by atoms with Gasteiger partial charge in [-0.1, -0.05) is 41.9 Å². The molecular weight excluding hydrogens is 366 g/mol. The number of halogens is 1. The molecule has 0 saturated carbocycles. The van der Waals surface area contributed by atoms with E-state index in [1.807, 2.05) is 42.5 Å². The Morgan fingerprint density at radius 3 is 2.56 bits per heavy atom. The fraction of sp³-hybridized carbons (Fsp3) is 0.0526. The molecule has 0 bridgehead atoms. The van der Waals surface area contributed by atoms with Crippen LogP contribution < -0.4 is 15.7 Å². The topological polar surface area (TPSA) is 81.9 Å². The van der Waals surface area contributed by atoms with E-state index >= 15 is 0 Å². The number of hydrogen-bond donors (Lipinski definition) is 1. The van der Waals surface area contributed by atoms with Crippen LogP contribution in [0.1, 0.15) is 0 Å². The number of nitrogens with one attached hydrogen (secondary N) is 1. The number of ether oxygens (including phenoxy) is 1. The van der Waals surface area contributed by atoms with Gasteiger partial charge in [-0.25, -0.2) is 14.3 Å². The van der Waals surface area contributed by atoms with Crippen LogP contribution in [0.2, 0.25) is 5.15 Å². The van der Waals surface area contributed by atoms with E-state index in [0.717, 1.165) is 0 Å². The van der Waals surface area contributed by atoms with Crippen molar-refractivity contribution in [2.45, 2.75) is 0 Å². The molecule has 0 atom stereocenters. The lowest BCUT2D eigenvalue weighted by Crippen LogP contribution is -2.23. The molecule has 8 heteroatoms. The van der Waals surface area contributed by atoms with Gasteiger partial charge in [0, 0.05) is 6.20 Å². The van der Waals surface area contributed by atoms with E-state index < -0.39 is 5.69 Å². The molecule has 0 amide bonds. The smallest absolute Gasteiger partial charge is 0.355 e. The predicted octanol–water partition coefficient (Wildman–Crippen LogP) is 3.58. The summed E-state index contributed by atoms with van der Waals surface area (Å²) in [6, 6.07) is 16.5. The van der Waals surface area contributed by atoms with Crippen LogP contribution in [-0.2, 0) is 0 Å². The number of fused-ring (bicyclic) bond motifs is 1. The Balaban J connectivity index is 1.90. The minimum absolute atomic E-state index is 0.0611. The van der Waals surface area contributed by atoms with Gasteiger partial charge >= 0.3 is 5.69 Å². The average molecular weight is 380 g/mol. The van der Waals surface area contributed by atoms with Crippen molar-refractivity contribution in [2.24, 2.45) is 0 Å². The highest BCUT2D eigenvalue weighted by Gasteiger charge is 2.14. The summed E-state index contributed by atoms with van der Waals surface area (Å²) in [6.07, 6.45) is 1.54. The first-order valence-corrected chi connectivity index (χ1v) is 8.46. The molecule has 2 heterocycles. The molecule has 4 rings (SSSR count). The van der Waals surface area contributed by atoms with Gasteiger partial charge in [-0.15, -0.1) is 0 Å². The highest BCUT2D eigenvalue weighted by atomic mass is 35.5. The van der Waals surface area contributed by atoms with Crippen LogP contribution in [0.15, 0.2) is 65.6 Å². The molecule has 0 aliphatic rings. The molecule has 0 aliphatic carbocycles. The Hall–Kier alpha value is -3.45. The molecular formula is C19H14ClN5O2. The predicted molar refractivity (Wildman–Crippen MR) is 104 cm³/mol. The van der Waals surface area contributed by atoms with Gasteiger partial charge < -0.3 is 10.1 Å². The second-order valence-electron chi connectivity index (χ2n) is 5.61. The first kappa shape index (κ1) is 17.0. The maximum Gasteiger partial charge on any atom is 0.355 e. The Bertz CT molecular complexity index is 1180. The molecule has 2 aromatic heterocycles. The lowest BCUT2D eigenvalue weighted by molar-refractivity contribution is 0.417. The van der Waals surface area contributed by atoms with Crippen LogP contribution in [0.25, 0.3) is 16.7 Å². The van der Waals surface area contributed by atoms with Gasteiger partial charge in [-0.05, 0) is 24.3 Å². The van der Waals surface area contributed by atoms with Crippen molar-refractivity contribution in [1.29, 1.82) is 0 Å². The van der Waals surface area contributed by atoms with Gasteiger partial charge in [0.2, 0.25) is 5.95 Å². The van der Waals surface area contributed by atoms with E-state index in [0.29, 0.717) is 34.1 Å². The van der Waals surface area contributed by atoms with Gasteiger partial charge in [0.15, 0.2) is 5.65 Å². The molecule has 0 unspecified atom stereocenters. The minimum Gasteiger partial charge on any atom is -0.495 e. The Morgan fingerprint density at radius 2 is 1.78 bits per heavy atom. The fourth-order valence-electron chi connectivity index (χ4n) is 2.71. The van der Waals surface area contributed by atoms with Gasteiger partial charge in [-0.3, -0.25) is 0 Å². The highest BCUT2D eigenvalue weighted by molar-refractivity contribution is 6.33. The summed E-state index contributed by atoms with van der Waals surface area (Å²) < 4.78 is 6.73. The molecule has 0 spiro atoms. The third kappa shape index (κ3) is 3.20. The average Bonchev–Trinajstić information content (AvgIpc) is 2.69. The fourth-order valence-corrected chi connectivity index (χ4v) is 2.92. The largest absolute Gasteiger partial charge is 0.495 e. The molecule has 0 saturated heterocycles. The van der Waals surface area contributed by atoms with Gasteiger partial charge in [0.25, 0.3) is 0 Å². The van der Waals surface area contributed by atoms with E-state index in [4.69, 9.17) is 16.3 Å². The number of nitrogens with zero attached hydrogens (tertiary/aromatic N) is 4. The van der Waals surface area contributed by atoms with E-state index in [9.17, 15) is 4.79 Å². The second-order valence-corrected chi connectivity index (χ2v) is 5.97. The van der Waals surface area contributed by atoms with E-state index in [1.165, 1.54) is 10.8 Å². The van der Waals surface area contributed by atoms with Crippen molar-refractivity contribution in [3.8, 4) is 11.4 Å². The van der Waals surface area contributed by atoms with Crippen LogP contribution in [-0.4, -0.2) is 26.6 Å². The van der Waals surface area contributed by atoms with Crippen molar-refractivity contribution in [2.75, 3.05) is 12.4 Å². The zero-order chi connectivity index (χ0) is 18.8. The zero-order valence-corrected chi connectivity index (χ0v) is 15.0. The molecule has 2 aromatic carbocycles. The lowest BCUT2D eigenvalue weighted by Gasteiger charge is -2.12. The molecule has 0 fully saturated rings. The summed E-state index contributed by atoms with van der Waals surface area (Å²) in [5.74, 6) is 0.952. The van der Waals surface area contributed by atoms with E-state index in [1.54, 1.807) is 19.2 Å².